The van der Waals surface area contributed by atoms with Crippen LogP contribution in [0.1, 0.15) is 29.6 Å². The van der Waals surface area contributed by atoms with E-state index in [-0.39, 0.29) is 5.91 Å². The monoisotopic (exact) mass is 328 g/mol. The molecule has 120 valence electrons. The Morgan fingerprint density at radius 2 is 1.74 bits per heavy atom. The van der Waals surface area contributed by atoms with Crippen LogP contribution in [0.15, 0.2) is 41.6 Å². The molecule has 1 saturated heterocycles. The highest BCUT2D eigenvalue weighted by Crippen LogP contribution is 2.18. The van der Waals surface area contributed by atoms with Crippen molar-refractivity contribution < 1.29 is 4.79 Å². The molecule has 2 aromatic rings. The van der Waals surface area contributed by atoms with E-state index in [1.165, 1.54) is 19.3 Å². The van der Waals surface area contributed by atoms with Gasteiger partial charge in [-0.3, -0.25) is 4.79 Å². The molecule has 0 saturated carbocycles. The average Bonchev–Trinajstić information content (AvgIpc) is 2.63. The third-order valence-corrected chi connectivity index (χ3v) is 4.63. The lowest BCUT2D eigenvalue weighted by molar-refractivity contribution is 0.102. The summed E-state index contributed by atoms with van der Waals surface area (Å²) < 4.78 is 0. The number of piperidine rings is 1. The van der Waals surface area contributed by atoms with Crippen molar-refractivity contribution in [2.24, 2.45) is 0 Å². The average molecular weight is 328 g/mol. The third-order valence-electron chi connectivity index (χ3n) is 3.89. The zero-order chi connectivity index (χ0) is 16.1. The first kappa shape index (κ1) is 15.8. The van der Waals surface area contributed by atoms with E-state index in [1.807, 2.05) is 30.5 Å². The molecule has 1 amide bonds. The Kier molecular flexibility index (Phi) is 5.12. The number of carbonyl (C=O) groups is 1. The minimum atomic E-state index is -0.146. The number of aromatic nitrogens is 2. The van der Waals surface area contributed by atoms with Gasteiger partial charge in [0.1, 0.15) is 0 Å². The Hall–Kier alpha value is -2.08. The number of rotatable bonds is 4. The molecule has 1 aromatic carbocycles. The molecule has 0 unspecified atom stereocenters. The van der Waals surface area contributed by atoms with Gasteiger partial charge >= 0.3 is 0 Å². The normalized spacial score (nSPS) is 14.6. The Balaban J connectivity index is 1.63. The highest BCUT2D eigenvalue weighted by molar-refractivity contribution is 7.98. The van der Waals surface area contributed by atoms with Crippen LogP contribution in [0, 0.1) is 0 Å². The maximum Gasteiger partial charge on any atom is 0.255 e. The number of amides is 1. The first-order chi connectivity index (χ1) is 11.3. The van der Waals surface area contributed by atoms with Crippen LogP contribution in [0.2, 0.25) is 0 Å². The predicted octanol–water partition coefficient (Wildman–Crippen LogP) is 3.44. The molecule has 0 aliphatic carbocycles. The Labute approximate surface area is 140 Å². The van der Waals surface area contributed by atoms with Gasteiger partial charge in [-0.05, 0) is 49.8 Å². The van der Waals surface area contributed by atoms with Gasteiger partial charge in [0.2, 0.25) is 5.95 Å². The summed E-state index contributed by atoms with van der Waals surface area (Å²) in [5.74, 6) is 0.596. The van der Waals surface area contributed by atoms with Gasteiger partial charge in [-0.25, -0.2) is 9.97 Å². The lowest BCUT2D eigenvalue weighted by Crippen LogP contribution is -2.30. The van der Waals surface area contributed by atoms with Gasteiger partial charge in [-0.1, -0.05) is 0 Å². The van der Waals surface area contributed by atoms with E-state index in [1.54, 1.807) is 24.2 Å². The highest BCUT2D eigenvalue weighted by atomic mass is 32.2. The zero-order valence-corrected chi connectivity index (χ0v) is 14.0. The van der Waals surface area contributed by atoms with Gasteiger partial charge in [0.05, 0.1) is 18.1 Å². The molecule has 23 heavy (non-hydrogen) atoms. The zero-order valence-electron chi connectivity index (χ0n) is 13.2. The number of anilines is 2. The molecule has 1 aliphatic heterocycles. The van der Waals surface area contributed by atoms with E-state index in [2.05, 4.69) is 20.2 Å². The van der Waals surface area contributed by atoms with Crippen LogP contribution in [0.3, 0.4) is 0 Å². The van der Waals surface area contributed by atoms with Gasteiger partial charge < -0.3 is 10.2 Å². The van der Waals surface area contributed by atoms with Crippen LogP contribution in [0.4, 0.5) is 11.6 Å². The van der Waals surface area contributed by atoms with E-state index >= 15 is 0 Å². The van der Waals surface area contributed by atoms with Crippen LogP contribution >= 0.6 is 11.8 Å². The van der Waals surface area contributed by atoms with Crippen LogP contribution < -0.4 is 10.2 Å². The maximum atomic E-state index is 12.2. The molecule has 0 radical (unpaired) electrons. The van der Waals surface area contributed by atoms with E-state index in [4.69, 9.17) is 0 Å². The fourth-order valence-electron chi connectivity index (χ4n) is 2.59. The summed E-state index contributed by atoms with van der Waals surface area (Å²) in [6.45, 7) is 2.01. The number of benzene rings is 1. The Morgan fingerprint density at radius 3 is 2.35 bits per heavy atom. The second kappa shape index (κ2) is 7.46. The second-order valence-corrected chi connectivity index (χ2v) is 6.38. The van der Waals surface area contributed by atoms with Gasteiger partial charge in [0.15, 0.2) is 0 Å². The topological polar surface area (TPSA) is 58.1 Å². The van der Waals surface area contributed by atoms with Crippen LogP contribution in [-0.2, 0) is 0 Å². The van der Waals surface area contributed by atoms with Gasteiger partial charge in [0, 0.05) is 23.5 Å². The van der Waals surface area contributed by atoms with Gasteiger partial charge in [-0.2, -0.15) is 0 Å². The van der Waals surface area contributed by atoms with Crippen molar-refractivity contribution in [3.63, 3.8) is 0 Å². The smallest absolute Gasteiger partial charge is 0.255 e. The summed E-state index contributed by atoms with van der Waals surface area (Å²) in [6, 6.07) is 7.53. The SMILES string of the molecule is CSc1ccc(C(=O)Nc2cnc(N3CCCCC3)nc2)cc1. The van der Waals surface area contributed by atoms with Crippen molar-refractivity contribution >= 4 is 29.3 Å². The number of thioether (sulfide) groups is 1. The summed E-state index contributed by atoms with van der Waals surface area (Å²) in [5.41, 5.74) is 1.24. The molecule has 0 spiro atoms. The molecule has 1 fully saturated rings. The fraction of sp³-hybridized carbons (Fsp3) is 0.353. The van der Waals surface area contributed by atoms with E-state index in [0.717, 1.165) is 23.9 Å². The first-order valence-electron chi connectivity index (χ1n) is 7.78. The van der Waals surface area contributed by atoms with Crippen molar-refractivity contribution in [2.75, 3.05) is 29.6 Å². The van der Waals surface area contributed by atoms with Gasteiger partial charge in [0.25, 0.3) is 5.91 Å². The summed E-state index contributed by atoms with van der Waals surface area (Å²) in [5, 5.41) is 2.84. The van der Waals surface area contributed by atoms with Crippen LogP contribution in [0.25, 0.3) is 0 Å². The molecule has 0 bridgehead atoms. The largest absolute Gasteiger partial charge is 0.341 e. The minimum absolute atomic E-state index is 0.146. The molecule has 1 aliphatic rings. The number of nitrogens with one attached hydrogen (secondary N) is 1. The first-order valence-corrected chi connectivity index (χ1v) is 9.01. The number of nitrogens with zero attached hydrogens (tertiary/aromatic N) is 3. The number of carbonyl (C=O) groups excluding carboxylic acids is 1. The lowest BCUT2D eigenvalue weighted by Gasteiger charge is -2.26. The van der Waals surface area contributed by atoms with E-state index in [0.29, 0.717) is 11.3 Å². The number of hydrogen-bond donors (Lipinski definition) is 1. The Morgan fingerprint density at radius 1 is 1.09 bits per heavy atom. The molecule has 5 nitrogen and oxygen atoms in total. The summed E-state index contributed by atoms with van der Waals surface area (Å²) in [7, 11) is 0. The standard InChI is InChI=1S/C17H20N4OS/c1-23-15-7-5-13(6-8-15)16(22)20-14-11-18-17(19-12-14)21-9-3-2-4-10-21/h5-8,11-12H,2-4,9-10H2,1H3,(H,20,22). The van der Waals surface area contributed by atoms with E-state index in [9.17, 15) is 4.79 Å². The molecule has 1 aromatic heterocycles. The van der Waals surface area contributed by atoms with Crippen molar-refractivity contribution in [3.05, 3.63) is 42.2 Å². The van der Waals surface area contributed by atoms with E-state index < -0.39 is 0 Å². The summed E-state index contributed by atoms with van der Waals surface area (Å²) in [6.07, 6.45) is 9.01. The van der Waals surface area contributed by atoms with Gasteiger partial charge in [-0.15, -0.1) is 11.8 Å². The molecule has 2 heterocycles. The molecular formula is C17H20N4OS. The molecule has 3 rings (SSSR count). The predicted molar refractivity (Wildman–Crippen MR) is 94.3 cm³/mol. The summed E-state index contributed by atoms with van der Waals surface area (Å²) >= 11 is 1.65. The van der Waals surface area contributed by atoms with Crippen molar-refractivity contribution in [1.29, 1.82) is 0 Å². The summed E-state index contributed by atoms with van der Waals surface area (Å²) in [4.78, 5) is 24.3. The van der Waals surface area contributed by atoms with Crippen molar-refractivity contribution in [1.82, 2.24) is 9.97 Å². The van der Waals surface area contributed by atoms with Crippen LogP contribution in [-0.4, -0.2) is 35.2 Å². The minimum Gasteiger partial charge on any atom is -0.341 e. The molecule has 0 atom stereocenters. The highest BCUT2D eigenvalue weighted by Gasteiger charge is 2.13. The molecule has 1 N–H and O–H groups in total. The lowest BCUT2D eigenvalue weighted by atomic mass is 10.1. The van der Waals surface area contributed by atoms with Crippen molar-refractivity contribution in [2.45, 2.75) is 24.2 Å². The fourth-order valence-corrected chi connectivity index (χ4v) is 3.00. The number of hydrogen-bond acceptors (Lipinski definition) is 5. The quantitative estimate of drug-likeness (QED) is 0.871. The maximum absolute atomic E-state index is 12.2. The second-order valence-electron chi connectivity index (χ2n) is 5.50. The van der Waals surface area contributed by atoms with Crippen molar-refractivity contribution in [3.8, 4) is 0 Å². The molecular weight excluding hydrogens is 308 g/mol. The van der Waals surface area contributed by atoms with Crippen LogP contribution in [0.5, 0.6) is 0 Å². The third kappa shape index (κ3) is 4.01. The Bertz CT molecular complexity index is 651. The molecule has 6 heteroatoms.